The molecule has 0 aliphatic rings. The first kappa shape index (κ1) is 31.1. The van der Waals surface area contributed by atoms with Crippen LogP contribution in [0.2, 0.25) is 0 Å². The highest BCUT2D eigenvalue weighted by Crippen LogP contribution is 2.17. The largest absolute Gasteiger partial charge is 0.332 e. The van der Waals surface area contributed by atoms with Crippen molar-refractivity contribution in [1.82, 2.24) is 9.80 Å². The first-order valence-corrected chi connectivity index (χ1v) is 15.6. The van der Waals surface area contributed by atoms with Gasteiger partial charge in [0, 0.05) is 23.9 Å². The Morgan fingerprint density at radius 3 is 1.95 bits per heavy atom. The molecule has 0 fully saturated rings. The quantitative estimate of drug-likeness (QED) is 0.162. The van der Waals surface area contributed by atoms with Crippen molar-refractivity contribution in [2.24, 2.45) is 0 Å². The molecule has 206 valence electrons. The number of carbonyl (C=O) groups excluding carboxylic acids is 2. The van der Waals surface area contributed by atoms with E-state index in [1.807, 2.05) is 39.4 Å². The maximum absolute atomic E-state index is 13.5. The molecule has 0 radical (unpaired) electrons. The van der Waals surface area contributed by atoms with Crippen LogP contribution < -0.4 is 0 Å². The number of unbranched alkanes of at least 4 members (excludes halogenated alkanes) is 10. The Balaban J connectivity index is 1.82. The van der Waals surface area contributed by atoms with Crippen LogP contribution in [0.3, 0.4) is 0 Å². The van der Waals surface area contributed by atoms with E-state index >= 15 is 0 Å². The van der Waals surface area contributed by atoms with Gasteiger partial charge in [0.05, 0.1) is 6.54 Å². The summed E-state index contributed by atoms with van der Waals surface area (Å²) in [6.07, 6.45) is 15.3. The molecule has 0 unspecified atom stereocenters. The number of carbonyl (C=O) groups is 2. The van der Waals surface area contributed by atoms with Gasteiger partial charge in [0.25, 0.3) is 0 Å². The van der Waals surface area contributed by atoms with E-state index < -0.39 is 0 Å². The Bertz CT molecular complexity index is 853. The first-order valence-electron chi connectivity index (χ1n) is 14.7. The van der Waals surface area contributed by atoms with E-state index in [2.05, 4.69) is 39.0 Å². The van der Waals surface area contributed by atoms with Crippen molar-refractivity contribution in [3.05, 3.63) is 58.3 Å². The van der Waals surface area contributed by atoms with Crippen molar-refractivity contribution >= 4 is 23.2 Å². The molecule has 2 aromatic rings. The summed E-state index contributed by atoms with van der Waals surface area (Å²) in [6.45, 7) is 7.70. The van der Waals surface area contributed by atoms with Crippen LogP contribution >= 0.6 is 11.3 Å². The zero-order valence-corrected chi connectivity index (χ0v) is 24.4. The van der Waals surface area contributed by atoms with Gasteiger partial charge < -0.3 is 9.80 Å². The van der Waals surface area contributed by atoms with E-state index in [1.165, 1.54) is 57.8 Å². The number of hydrogen-bond donors (Lipinski definition) is 0. The molecule has 2 rings (SSSR count). The van der Waals surface area contributed by atoms with Crippen LogP contribution in [-0.2, 0) is 22.7 Å². The van der Waals surface area contributed by atoms with E-state index in [1.54, 1.807) is 11.3 Å². The van der Waals surface area contributed by atoms with Crippen LogP contribution in [0.1, 0.15) is 115 Å². The number of amides is 2. The third-order valence-corrected chi connectivity index (χ3v) is 8.10. The van der Waals surface area contributed by atoms with Crippen molar-refractivity contribution in [3.63, 3.8) is 0 Å². The standard InChI is InChI=1S/C32H50N2O2S/c1-4-6-7-8-9-10-11-12-13-14-18-23-31(35)34(28(3)5-2)27-32(36)33(26-30-22-19-24-37-30)25-29-20-16-15-17-21-29/h15-17,19-22,24,28H,4-14,18,23,25-27H2,1-3H3/t28-/m1/s1. The van der Waals surface area contributed by atoms with Crippen molar-refractivity contribution < 1.29 is 9.59 Å². The van der Waals surface area contributed by atoms with E-state index in [-0.39, 0.29) is 24.4 Å². The summed E-state index contributed by atoms with van der Waals surface area (Å²) in [4.78, 5) is 31.6. The molecule has 4 nitrogen and oxygen atoms in total. The lowest BCUT2D eigenvalue weighted by Gasteiger charge is -2.31. The number of hydrogen-bond acceptors (Lipinski definition) is 3. The van der Waals surface area contributed by atoms with Crippen molar-refractivity contribution in [2.75, 3.05) is 6.54 Å². The predicted molar refractivity (Wildman–Crippen MR) is 158 cm³/mol. The van der Waals surface area contributed by atoms with Gasteiger partial charge in [0.15, 0.2) is 0 Å². The summed E-state index contributed by atoms with van der Waals surface area (Å²) < 4.78 is 0. The summed E-state index contributed by atoms with van der Waals surface area (Å²) in [5, 5.41) is 2.04. The zero-order chi connectivity index (χ0) is 26.7. The molecule has 0 saturated carbocycles. The summed E-state index contributed by atoms with van der Waals surface area (Å²) in [7, 11) is 0. The molecule has 1 aromatic heterocycles. The topological polar surface area (TPSA) is 40.6 Å². The molecular weight excluding hydrogens is 476 g/mol. The minimum Gasteiger partial charge on any atom is -0.332 e. The number of rotatable bonds is 20. The van der Waals surface area contributed by atoms with Crippen LogP contribution in [0.4, 0.5) is 0 Å². The number of thiophene rings is 1. The maximum atomic E-state index is 13.5. The minimum absolute atomic E-state index is 0.0184. The highest BCUT2D eigenvalue weighted by atomic mass is 32.1. The van der Waals surface area contributed by atoms with Crippen LogP contribution in [0.5, 0.6) is 0 Å². The van der Waals surface area contributed by atoms with Gasteiger partial charge in [0.2, 0.25) is 11.8 Å². The van der Waals surface area contributed by atoms with Crippen LogP contribution in [0.15, 0.2) is 47.8 Å². The molecule has 0 aliphatic carbocycles. The minimum atomic E-state index is 0.0184. The molecule has 1 aromatic carbocycles. The number of nitrogens with zero attached hydrogens (tertiary/aromatic N) is 2. The Kier molecular flexibility index (Phi) is 16.0. The van der Waals surface area contributed by atoms with Gasteiger partial charge in [-0.1, -0.05) is 114 Å². The molecule has 37 heavy (non-hydrogen) atoms. The van der Waals surface area contributed by atoms with Crippen molar-refractivity contribution in [1.29, 1.82) is 0 Å². The zero-order valence-electron chi connectivity index (χ0n) is 23.6. The van der Waals surface area contributed by atoms with Crippen LogP contribution in [-0.4, -0.2) is 34.2 Å². The predicted octanol–water partition coefficient (Wildman–Crippen LogP) is 8.61. The van der Waals surface area contributed by atoms with Crippen LogP contribution in [0.25, 0.3) is 0 Å². The fourth-order valence-electron chi connectivity index (χ4n) is 4.67. The Morgan fingerprint density at radius 1 is 0.757 bits per heavy atom. The van der Waals surface area contributed by atoms with Gasteiger partial charge in [-0.15, -0.1) is 11.3 Å². The summed E-state index contributed by atoms with van der Waals surface area (Å²) >= 11 is 1.67. The summed E-state index contributed by atoms with van der Waals surface area (Å²) in [5.74, 6) is 0.138. The van der Waals surface area contributed by atoms with Crippen LogP contribution in [0, 0.1) is 0 Å². The number of benzene rings is 1. The third-order valence-electron chi connectivity index (χ3n) is 7.24. The molecule has 1 atom stereocenters. The molecular formula is C32H50N2O2S. The lowest BCUT2D eigenvalue weighted by molar-refractivity contribution is -0.143. The van der Waals surface area contributed by atoms with Gasteiger partial charge in [-0.25, -0.2) is 0 Å². The first-order chi connectivity index (χ1) is 18.0. The average Bonchev–Trinajstić information content (AvgIpc) is 3.43. The Labute approximate surface area is 230 Å². The van der Waals surface area contributed by atoms with Gasteiger partial charge >= 0.3 is 0 Å². The van der Waals surface area contributed by atoms with E-state index in [0.29, 0.717) is 19.5 Å². The van der Waals surface area contributed by atoms with Gasteiger partial charge in [-0.05, 0) is 36.8 Å². The molecule has 0 bridgehead atoms. The van der Waals surface area contributed by atoms with Gasteiger partial charge in [-0.3, -0.25) is 9.59 Å². The Hall–Kier alpha value is -2.14. The lowest BCUT2D eigenvalue weighted by atomic mass is 10.0. The summed E-state index contributed by atoms with van der Waals surface area (Å²) in [5.41, 5.74) is 1.11. The smallest absolute Gasteiger partial charge is 0.242 e. The summed E-state index contributed by atoms with van der Waals surface area (Å²) in [6, 6.07) is 14.3. The highest BCUT2D eigenvalue weighted by molar-refractivity contribution is 7.09. The fourth-order valence-corrected chi connectivity index (χ4v) is 5.39. The molecule has 0 N–H and O–H groups in total. The molecule has 0 spiro atoms. The molecule has 0 saturated heterocycles. The second-order valence-electron chi connectivity index (χ2n) is 10.4. The molecule has 1 heterocycles. The maximum Gasteiger partial charge on any atom is 0.242 e. The molecule has 2 amide bonds. The second kappa shape index (κ2) is 19.0. The second-order valence-corrected chi connectivity index (χ2v) is 11.4. The fraction of sp³-hybridized carbons (Fsp3) is 0.625. The van der Waals surface area contributed by atoms with E-state index in [4.69, 9.17) is 0 Å². The highest BCUT2D eigenvalue weighted by Gasteiger charge is 2.25. The molecule has 0 aliphatic heterocycles. The van der Waals surface area contributed by atoms with E-state index in [9.17, 15) is 9.59 Å². The third kappa shape index (κ3) is 12.8. The average molecular weight is 527 g/mol. The van der Waals surface area contributed by atoms with Gasteiger partial charge in [0.1, 0.15) is 6.54 Å². The van der Waals surface area contributed by atoms with E-state index in [0.717, 1.165) is 29.7 Å². The molecule has 5 heteroatoms. The SMILES string of the molecule is CCCCCCCCCCCCCC(=O)N(CC(=O)N(Cc1ccccc1)Cc1cccs1)[C@H](C)CC. The lowest BCUT2D eigenvalue weighted by Crippen LogP contribution is -2.46. The van der Waals surface area contributed by atoms with Crippen molar-refractivity contribution in [2.45, 2.75) is 123 Å². The normalized spacial score (nSPS) is 11.9. The van der Waals surface area contributed by atoms with Gasteiger partial charge in [-0.2, -0.15) is 0 Å². The van der Waals surface area contributed by atoms with Crippen molar-refractivity contribution in [3.8, 4) is 0 Å². The monoisotopic (exact) mass is 526 g/mol. The Morgan fingerprint density at radius 2 is 1.38 bits per heavy atom.